The van der Waals surface area contributed by atoms with Crippen LogP contribution in [0.5, 0.6) is 11.5 Å². The molecule has 0 radical (unpaired) electrons. The lowest BCUT2D eigenvalue weighted by Crippen LogP contribution is -2.05. The molecule has 2 aromatic carbocycles. The lowest BCUT2D eigenvalue weighted by atomic mass is 10.2. The van der Waals surface area contributed by atoms with Gasteiger partial charge in [-0.25, -0.2) is 0 Å². The number of fused-ring (bicyclic) bond motifs is 3. The number of methoxy groups -OCH3 is 1. The number of rotatable bonds is 7. The van der Waals surface area contributed by atoms with Crippen molar-refractivity contribution in [2.75, 3.05) is 20.5 Å². The van der Waals surface area contributed by atoms with Crippen LogP contribution in [0.15, 0.2) is 64.7 Å². The number of para-hydroxylation sites is 2. The lowest BCUT2D eigenvalue weighted by molar-refractivity contribution is 0.0230. The molecule has 30 heavy (non-hydrogen) atoms. The molecule has 0 saturated carbocycles. The maximum atomic E-state index is 6.21. The van der Waals surface area contributed by atoms with Gasteiger partial charge in [-0.15, -0.1) is 22.7 Å². The normalized spacial score (nSPS) is 11.4. The number of thiophene rings is 2. The topological polar surface area (TPSA) is 32.6 Å². The van der Waals surface area contributed by atoms with Crippen molar-refractivity contribution < 1.29 is 14.2 Å². The van der Waals surface area contributed by atoms with Gasteiger partial charge in [-0.3, -0.25) is 0 Å². The van der Waals surface area contributed by atoms with E-state index < -0.39 is 0 Å². The van der Waals surface area contributed by atoms with Crippen molar-refractivity contribution in [3.63, 3.8) is 0 Å². The Morgan fingerprint density at radius 1 is 0.900 bits per heavy atom. The zero-order valence-electron chi connectivity index (χ0n) is 16.8. The van der Waals surface area contributed by atoms with Crippen molar-refractivity contribution >= 4 is 44.5 Å². The zero-order chi connectivity index (χ0) is 20.5. The number of aromatic nitrogens is 1. The third-order valence-electron chi connectivity index (χ3n) is 5.13. The molecular weight excluding hydrogens is 414 g/mol. The number of ether oxygens (including phenoxy) is 3. The van der Waals surface area contributed by atoms with Crippen molar-refractivity contribution in [2.24, 2.45) is 0 Å². The summed E-state index contributed by atoms with van der Waals surface area (Å²) in [5.74, 6) is 1.67. The first-order chi connectivity index (χ1) is 14.8. The smallest absolute Gasteiger partial charge is 0.189 e. The zero-order valence-corrected chi connectivity index (χ0v) is 18.4. The van der Waals surface area contributed by atoms with Crippen molar-refractivity contribution in [1.29, 1.82) is 0 Å². The predicted molar refractivity (Wildman–Crippen MR) is 126 cm³/mol. The van der Waals surface area contributed by atoms with Gasteiger partial charge in [0.05, 0.1) is 23.0 Å². The molecular formula is C24H21NO3S2. The molecule has 0 saturated heterocycles. The van der Waals surface area contributed by atoms with Crippen molar-refractivity contribution in [3.05, 3.63) is 64.7 Å². The van der Waals surface area contributed by atoms with E-state index in [0.29, 0.717) is 6.61 Å². The van der Waals surface area contributed by atoms with Crippen LogP contribution >= 0.6 is 22.7 Å². The highest BCUT2D eigenvalue weighted by molar-refractivity contribution is 7.15. The summed E-state index contributed by atoms with van der Waals surface area (Å²) in [6.45, 7) is 2.77. The largest absolute Gasteiger partial charge is 0.495 e. The van der Waals surface area contributed by atoms with Crippen LogP contribution < -0.4 is 9.47 Å². The summed E-state index contributed by atoms with van der Waals surface area (Å²) in [6.07, 6.45) is 0. The van der Waals surface area contributed by atoms with Crippen LogP contribution in [0.2, 0.25) is 0 Å². The van der Waals surface area contributed by atoms with Crippen LogP contribution in [0.25, 0.3) is 37.9 Å². The monoisotopic (exact) mass is 435 g/mol. The van der Waals surface area contributed by atoms with E-state index in [9.17, 15) is 0 Å². The summed E-state index contributed by atoms with van der Waals surface area (Å²) >= 11 is 3.28. The van der Waals surface area contributed by atoms with Gasteiger partial charge in [-0.2, -0.15) is 0 Å². The van der Waals surface area contributed by atoms with Gasteiger partial charge in [0.2, 0.25) is 0 Å². The second-order valence-electron chi connectivity index (χ2n) is 6.76. The maximum Gasteiger partial charge on any atom is 0.189 e. The minimum Gasteiger partial charge on any atom is -0.495 e. The van der Waals surface area contributed by atoms with Crippen molar-refractivity contribution in [2.45, 2.75) is 6.92 Å². The Hall–Kier alpha value is -2.80. The van der Waals surface area contributed by atoms with E-state index in [-0.39, 0.29) is 6.79 Å². The Morgan fingerprint density at radius 3 is 2.27 bits per heavy atom. The molecule has 5 rings (SSSR count). The van der Waals surface area contributed by atoms with Gasteiger partial charge in [0.25, 0.3) is 0 Å². The molecule has 0 unspecified atom stereocenters. The second kappa shape index (κ2) is 8.14. The first-order valence-electron chi connectivity index (χ1n) is 9.74. The molecule has 0 amide bonds. The molecule has 6 heteroatoms. The molecule has 3 aromatic heterocycles. The quantitative estimate of drug-likeness (QED) is 0.205. The van der Waals surface area contributed by atoms with Gasteiger partial charge >= 0.3 is 0 Å². The summed E-state index contributed by atoms with van der Waals surface area (Å²) in [4.78, 5) is 1.05. The maximum absolute atomic E-state index is 6.21. The minimum absolute atomic E-state index is 0.205. The first kappa shape index (κ1) is 19.2. The Bertz CT molecular complexity index is 1260. The fourth-order valence-electron chi connectivity index (χ4n) is 3.79. The molecule has 0 aliphatic heterocycles. The molecule has 0 spiro atoms. The Labute approximate surface area is 182 Å². The predicted octanol–water partition coefficient (Wildman–Crippen LogP) is 6.96. The number of benzene rings is 2. The summed E-state index contributed by atoms with van der Waals surface area (Å²) in [6, 6.07) is 17.0. The average molecular weight is 436 g/mol. The molecule has 4 nitrogen and oxygen atoms in total. The van der Waals surface area contributed by atoms with E-state index >= 15 is 0 Å². The van der Waals surface area contributed by atoms with Gasteiger partial charge < -0.3 is 18.8 Å². The average Bonchev–Trinajstić information content (AvgIpc) is 3.49. The standard InChI is InChI=1S/C24H21NO3S2/c1-3-27-15-28-23-21(13-30-24(23)18-12-29-14-22(18)26-2)25-19-10-6-4-8-16(19)17-9-5-7-11-20(17)25/h4-14H,3,15H2,1-2H3. The van der Waals surface area contributed by atoms with Crippen molar-refractivity contribution in [3.8, 4) is 27.6 Å². The van der Waals surface area contributed by atoms with Gasteiger partial charge in [0.1, 0.15) is 11.4 Å². The molecule has 0 fully saturated rings. The molecule has 0 atom stereocenters. The van der Waals surface area contributed by atoms with Crippen LogP contribution in [0.3, 0.4) is 0 Å². The van der Waals surface area contributed by atoms with Crippen LogP contribution in [-0.4, -0.2) is 25.1 Å². The van der Waals surface area contributed by atoms with Crippen LogP contribution in [0, 0.1) is 0 Å². The van der Waals surface area contributed by atoms with Gasteiger partial charge in [0.15, 0.2) is 12.5 Å². The molecule has 0 N–H and O–H groups in total. The summed E-state index contributed by atoms with van der Waals surface area (Å²) in [5.41, 5.74) is 4.37. The van der Waals surface area contributed by atoms with Gasteiger partial charge in [-0.05, 0) is 19.1 Å². The highest BCUT2D eigenvalue weighted by Crippen LogP contribution is 2.48. The summed E-state index contributed by atoms with van der Waals surface area (Å²) < 4.78 is 19.6. The number of nitrogens with zero attached hydrogens (tertiary/aromatic N) is 1. The fourth-order valence-corrected chi connectivity index (χ4v) is 5.65. The fraction of sp³-hybridized carbons (Fsp3) is 0.167. The highest BCUT2D eigenvalue weighted by atomic mass is 32.1. The van der Waals surface area contributed by atoms with Gasteiger partial charge in [0, 0.05) is 39.1 Å². The molecule has 0 aliphatic rings. The van der Waals surface area contributed by atoms with E-state index in [4.69, 9.17) is 14.2 Å². The first-order valence-corrected chi connectivity index (χ1v) is 11.6. The van der Waals surface area contributed by atoms with Crippen LogP contribution in [-0.2, 0) is 4.74 Å². The minimum atomic E-state index is 0.205. The third kappa shape index (κ3) is 3.08. The molecule has 5 aromatic rings. The molecule has 0 bridgehead atoms. The van der Waals surface area contributed by atoms with Gasteiger partial charge in [-0.1, -0.05) is 36.4 Å². The number of hydrogen-bond acceptors (Lipinski definition) is 5. The Morgan fingerprint density at radius 2 is 1.60 bits per heavy atom. The van der Waals surface area contributed by atoms with Crippen LogP contribution in [0.4, 0.5) is 0 Å². The van der Waals surface area contributed by atoms with E-state index in [1.54, 1.807) is 29.8 Å². The Kier molecular flexibility index (Phi) is 5.21. The summed E-state index contributed by atoms with van der Waals surface area (Å²) in [7, 11) is 1.70. The molecule has 152 valence electrons. The SMILES string of the molecule is CCOCOc1c(-n2c3ccccc3c3ccccc32)csc1-c1cscc1OC. The third-order valence-corrected chi connectivity index (χ3v) is 6.83. The molecule has 0 aliphatic carbocycles. The highest BCUT2D eigenvalue weighted by Gasteiger charge is 2.22. The van der Waals surface area contributed by atoms with E-state index in [1.807, 2.05) is 12.3 Å². The van der Waals surface area contributed by atoms with Crippen molar-refractivity contribution in [1.82, 2.24) is 4.57 Å². The Balaban J connectivity index is 1.77. The second-order valence-corrected chi connectivity index (χ2v) is 8.38. The lowest BCUT2D eigenvalue weighted by Gasteiger charge is -2.13. The van der Waals surface area contributed by atoms with E-state index in [2.05, 4.69) is 63.9 Å². The van der Waals surface area contributed by atoms with Crippen LogP contribution in [0.1, 0.15) is 6.92 Å². The van der Waals surface area contributed by atoms with E-state index in [0.717, 1.165) is 38.7 Å². The van der Waals surface area contributed by atoms with E-state index in [1.165, 1.54) is 10.8 Å². The molecule has 3 heterocycles. The summed E-state index contributed by atoms with van der Waals surface area (Å²) in [5, 5.41) is 8.73. The number of hydrogen-bond donors (Lipinski definition) is 0.